The number of ether oxygens (including phenoxy) is 1. The first kappa shape index (κ1) is 19.8. The van der Waals surface area contributed by atoms with Gasteiger partial charge in [-0.3, -0.25) is 14.0 Å². The number of fused-ring (bicyclic) bond motifs is 1. The van der Waals surface area contributed by atoms with Crippen molar-refractivity contribution in [3.05, 3.63) is 95.3 Å². The zero-order chi connectivity index (χ0) is 20.8. The van der Waals surface area contributed by atoms with Gasteiger partial charge in [0.2, 0.25) is 0 Å². The minimum Gasteiger partial charge on any atom is -0.455 e. The van der Waals surface area contributed by atoms with Crippen LogP contribution in [0.2, 0.25) is 0 Å². The molecule has 6 nitrogen and oxygen atoms in total. The van der Waals surface area contributed by atoms with Crippen molar-refractivity contribution < 1.29 is 14.3 Å². The van der Waals surface area contributed by atoms with Gasteiger partial charge in [0.05, 0.1) is 12.1 Å². The quantitative estimate of drug-likeness (QED) is 0.409. The molecular formula is C23H21N3O3S. The van der Waals surface area contributed by atoms with Gasteiger partial charge in [0.15, 0.2) is 11.6 Å². The summed E-state index contributed by atoms with van der Waals surface area (Å²) in [6.45, 7) is 0.605. The number of nitrogens with zero attached hydrogens (tertiary/aromatic N) is 3. The van der Waals surface area contributed by atoms with Gasteiger partial charge >= 0.3 is 5.97 Å². The van der Waals surface area contributed by atoms with E-state index in [2.05, 4.69) is 4.98 Å². The van der Waals surface area contributed by atoms with Crippen LogP contribution in [0.5, 0.6) is 0 Å². The lowest BCUT2D eigenvalue weighted by Gasteiger charge is -2.23. The van der Waals surface area contributed by atoms with E-state index < -0.39 is 5.97 Å². The van der Waals surface area contributed by atoms with E-state index in [4.69, 9.17) is 4.74 Å². The van der Waals surface area contributed by atoms with Crippen molar-refractivity contribution in [3.8, 4) is 0 Å². The predicted molar refractivity (Wildman–Crippen MR) is 115 cm³/mol. The van der Waals surface area contributed by atoms with Crippen molar-refractivity contribution in [1.29, 1.82) is 0 Å². The standard InChI is InChI=1S/C23H21N3O3S/c27-21(17-29-22(28)13-20-16-25-11-12-30-23(25)24-20)26(14-18-7-3-1-4-8-18)15-19-9-5-2-6-10-19/h1-12,16H,13-15,17H2. The Hall–Kier alpha value is -3.45. The van der Waals surface area contributed by atoms with Gasteiger partial charge in [-0.1, -0.05) is 60.7 Å². The molecule has 0 bridgehead atoms. The Bertz CT molecular complexity index is 1050. The average molecular weight is 420 g/mol. The molecular weight excluding hydrogens is 398 g/mol. The van der Waals surface area contributed by atoms with E-state index in [9.17, 15) is 9.59 Å². The summed E-state index contributed by atoms with van der Waals surface area (Å²) < 4.78 is 7.12. The summed E-state index contributed by atoms with van der Waals surface area (Å²) in [6, 6.07) is 19.5. The monoisotopic (exact) mass is 419 g/mol. The number of hydrogen-bond donors (Lipinski definition) is 0. The maximum Gasteiger partial charge on any atom is 0.312 e. The molecule has 0 spiro atoms. The SMILES string of the molecule is O=C(Cc1cn2ccsc2n1)OCC(=O)N(Cc1ccccc1)Cc1ccccc1. The maximum atomic E-state index is 12.8. The van der Waals surface area contributed by atoms with Crippen LogP contribution in [0.25, 0.3) is 4.96 Å². The Morgan fingerprint density at radius 2 is 1.60 bits per heavy atom. The van der Waals surface area contributed by atoms with Crippen molar-refractivity contribution in [3.63, 3.8) is 0 Å². The van der Waals surface area contributed by atoms with Gasteiger partial charge in [0, 0.05) is 30.9 Å². The highest BCUT2D eigenvalue weighted by Gasteiger charge is 2.18. The molecule has 0 fully saturated rings. The molecule has 2 aromatic carbocycles. The molecule has 0 aliphatic rings. The third kappa shape index (κ3) is 5.12. The van der Waals surface area contributed by atoms with Crippen LogP contribution >= 0.6 is 11.3 Å². The number of imidazole rings is 1. The van der Waals surface area contributed by atoms with E-state index in [1.54, 1.807) is 11.1 Å². The van der Waals surface area contributed by atoms with Crippen LogP contribution in [0.1, 0.15) is 16.8 Å². The van der Waals surface area contributed by atoms with Crippen LogP contribution < -0.4 is 0 Å². The van der Waals surface area contributed by atoms with Crippen LogP contribution in [0.3, 0.4) is 0 Å². The first-order valence-corrected chi connectivity index (χ1v) is 10.5. The van der Waals surface area contributed by atoms with Crippen molar-refractivity contribution in [2.75, 3.05) is 6.61 Å². The molecule has 0 atom stereocenters. The lowest BCUT2D eigenvalue weighted by atomic mass is 10.1. The molecule has 7 heteroatoms. The van der Waals surface area contributed by atoms with Gasteiger partial charge in [0.1, 0.15) is 0 Å². The Morgan fingerprint density at radius 1 is 0.967 bits per heavy atom. The topological polar surface area (TPSA) is 63.9 Å². The van der Waals surface area contributed by atoms with E-state index >= 15 is 0 Å². The minimum atomic E-state index is -0.464. The summed E-state index contributed by atoms with van der Waals surface area (Å²) in [6.07, 6.45) is 3.72. The maximum absolute atomic E-state index is 12.8. The molecule has 0 radical (unpaired) electrons. The van der Waals surface area contributed by atoms with Gasteiger partial charge < -0.3 is 9.64 Å². The highest BCUT2D eigenvalue weighted by molar-refractivity contribution is 7.15. The van der Waals surface area contributed by atoms with Crippen molar-refractivity contribution >= 4 is 28.2 Å². The van der Waals surface area contributed by atoms with Crippen LogP contribution in [0.4, 0.5) is 0 Å². The number of benzene rings is 2. The van der Waals surface area contributed by atoms with E-state index in [1.165, 1.54) is 11.3 Å². The fraction of sp³-hybridized carbons (Fsp3) is 0.174. The Labute approximate surface area is 178 Å². The first-order valence-electron chi connectivity index (χ1n) is 9.60. The fourth-order valence-electron chi connectivity index (χ4n) is 3.13. The molecule has 0 saturated carbocycles. The van der Waals surface area contributed by atoms with E-state index in [0.29, 0.717) is 18.8 Å². The molecule has 0 saturated heterocycles. The summed E-state index contributed by atoms with van der Waals surface area (Å²) >= 11 is 1.50. The lowest BCUT2D eigenvalue weighted by molar-refractivity contribution is -0.152. The fourth-order valence-corrected chi connectivity index (χ4v) is 3.85. The molecule has 4 rings (SSSR count). The van der Waals surface area contributed by atoms with Crippen LogP contribution in [-0.2, 0) is 33.8 Å². The number of thiazole rings is 1. The number of rotatable bonds is 8. The largest absolute Gasteiger partial charge is 0.455 e. The number of carbonyl (C=O) groups is 2. The zero-order valence-electron chi connectivity index (χ0n) is 16.3. The number of hydrogen-bond acceptors (Lipinski definition) is 5. The molecule has 2 heterocycles. The summed E-state index contributed by atoms with van der Waals surface area (Å²) in [5.74, 6) is -0.699. The smallest absolute Gasteiger partial charge is 0.312 e. The molecule has 1 amide bonds. The highest BCUT2D eigenvalue weighted by Crippen LogP contribution is 2.13. The summed E-state index contributed by atoms with van der Waals surface area (Å²) in [5.41, 5.74) is 2.67. The van der Waals surface area contributed by atoms with Gasteiger partial charge in [-0.15, -0.1) is 11.3 Å². The van der Waals surface area contributed by atoms with Crippen molar-refractivity contribution in [2.45, 2.75) is 19.5 Å². The first-order chi connectivity index (χ1) is 14.7. The average Bonchev–Trinajstić information content (AvgIpc) is 3.35. The van der Waals surface area contributed by atoms with Crippen LogP contribution in [0.15, 0.2) is 78.4 Å². The molecule has 30 heavy (non-hydrogen) atoms. The van der Waals surface area contributed by atoms with Gasteiger partial charge in [-0.25, -0.2) is 4.98 Å². The lowest BCUT2D eigenvalue weighted by Crippen LogP contribution is -2.34. The third-order valence-electron chi connectivity index (χ3n) is 4.61. The number of amides is 1. The summed E-state index contributed by atoms with van der Waals surface area (Å²) in [5, 5.41) is 1.93. The molecule has 0 aliphatic heterocycles. The molecule has 0 aliphatic carbocycles. The van der Waals surface area contributed by atoms with Crippen LogP contribution in [0, 0.1) is 0 Å². The summed E-state index contributed by atoms with van der Waals surface area (Å²) in [7, 11) is 0. The van der Waals surface area contributed by atoms with E-state index in [1.807, 2.05) is 76.6 Å². The Balaban J connectivity index is 1.37. The van der Waals surface area contributed by atoms with E-state index in [-0.39, 0.29) is 18.9 Å². The zero-order valence-corrected chi connectivity index (χ0v) is 17.1. The minimum absolute atomic E-state index is 0.0407. The molecule has 0 N–H and O–H groups in total. The molecule has 2 aromatic heterocycles. The predicted octanol–water partition coefficient (Wildman–Crippen LogP) is 3.71. The van der Waals surface area contributed by atoms with Gasteiger partial charge in [-0.2, -0.15) is 0 Å². The Morgan fingerprint density at radius 3 is 2.20 bits per heavy atom. The van der Waals surface area contributed by atoms with Gasteiger partial charge in [-0.05, 0) is 11.1 Å². The molecule has 4 aromatic rings. The van der Waals surface area contributed by atoms with Crippen molar-refractivity contribution in [1.82, 2.24) is 14.3 Å². The van der Waals surface area contributed by atoms with Crippen molar-refractivity contribution in [2.24, 2.45) is 0 Å². The second-order valence-corrected chi connectivity index (χ2v) is 7.76. The number of esters is 1. The second-order valence-electron chi connectivity index (χ2n) is 6.88. The Kier molecular flexibility index (Phi) is 6.20. The third-order valence-corrected chi connectivity index (χ3v) is 5.38. The summed E-state index contributed by atoms with van der Waals surface area (Å²) in [4.78, 5) is 32.0. The highest BCUT2D eigenvalue weighted by atomic mass is 32.1. The van der Waals surface area contributed by atoms with Gasteiger partial charge in [0.25, 0.3) is 5.91 Å². The van der Waals surface area contributed by atoms with Crippen LogP contribution in [-0.4, -0.2) is 32.8 Å². The number of aromatic nitrogens is 2. The normalized spacial score (nSPS) is 10.8. The van der Waals surface area contributed by atoms with E-state index in [0.717, 1.165) is 16.1 Å². The second kappa shape index (κ2) is 9.37. The molecule has 0 unspecified atom stereocenters. The molecule has 152 valence electrons. The number of carbonyl (C=O) groups excluding carboxylic acids is 2.